The lowest BCUT2D eigenvalue weighted by Gasteiger charge is -1.96. The largest absolute Gasteiger partial charge is 0.478 e. The number of hydrogen-bond donors (Lipinski definition) is 3. The Morgan fingerprint density at radius 1 is 0.789 bits per heavy atom. The van der Waals surface area contributed by atoms with Gasteiger partial charge in [-0.1, -0.05) is 30.3 Å². The third kappa shape index (κ3) is 4.51. The minimum absolute atomic E-state index is 0.155. The zero-order valence-electron chi connectivity index (χ0n) is 9.98. The molecule has 0 fully saturated rings. The summed E-state index contributed by atoms with van der Waals surface area (Å²) >= 11 is 0. The number of nitrogens with two attached hydrogens (primary N) is 1. The van der Waals surface area contributed by atoms with Gasteiger partial charge in [0.05, 0.1) is 11.1 Å². The number of carboxylic acid groups (broad SMARTS) is 2. The quantitative estimate of drug-likeness (QED) is 0.719. The molecule has 0 saturated carbocycles. The Morgan fingerprint density at radius 2 is 1.32 bits per heavy atom. The van der Waals surface area contributed by atoms with Crippen LogP contribution in [0, 0.1) is 0 Å². The Balaban J connectivity index is 0.000000191. The molecule has 0 saturated heterocycles. The fourth-order valence-corrected chi connectivity index (χ4v) is 1.27. The van der Waals surface area contributed by atoms with Crippen molar-refractivity contribution in [3.8, 4) is 0 Å². The Hall–Kier alpha value is -2.82. The summed E-state index contributed by atoms with van der Waals surface area (Å²) in [5.74, 6) is -1.87. The lowest BCUT2D eigenvalue weighted by atomic mass is 10.2. The van der Waals surface area contributed by atoms with Gasteiger partial charge in [0.1, 0.15) is 0 Å². The van der Waals surface area contributed by atoms with Gasteiger partial charge in [0, 0.05) is 5.69 Å². The molecule has 98 valence electrons. The van der Waals surface area contributed by atoms with E-state index in [0.29, 0.717) is 11.3 Å². The molecule has 5 heteroatoms. The van der Waals surface area contributed by atoms with E-state index >= 15 is 0 Å². The highest BCUT2D eigenvalue weighted by Gasteiger charge is 2.03. The Morgan fingerprint density at radius 3 is 1.68 bits per heavy atom. The van der Waals surface area contributed by atoms with Gasteiger partial charge in [0.15, 0.2) is 0 Å². The van der Waals surface area contributed by atoms with Crippen molar-refractivity contribution in [3.63, 3.8) is 0 Å². The van der Waals surface area contributed by atoms with Crippen molar-refractivity contribution in [2.24, 2.45) is 0 Å². The first kappa shape index (κ1) is 14.2. The van der Waals surface area contributed by atoms with Gasteiger partial charge in [0.2, 0.25) is 0 Å². The van der Waals surface area contributed by atoms with Crippen LogP contribution in [0.1, 0.15) is 20.7 Å². The maximum atomic E-state index is 10.3. The second-order valence-electron chi connectivity index (χ2n) is 3.56. The first-order valence-corrected chi connectivity index (χ1v) is 5.38. The molecule has 0 bridgehead atoms. The van der Waals surface area contributed by atoms with Gasteiger partial charge in [-0.2, -0.15) is 0 Å². The summed E-state index contributed by atoms with van der Waals surface area (Å²) in [6.45, 7) is 0. The lowest BCUT2D eigenvalue weighted by Crippen LogP contribution is -2.00. The van der Waals surface area contributed by atoms with Crippen LogP contribution in [0.5, 0.6) is 0 Å². The van der Waals surface area contributed by atoms with Crippen molar-refractivity contribution in [2.75, 3.05) is 5.73 Å². The summed E-state index contributed by atoms with van der Waals surface area (Å²) < 4.78 is 0. The second kappa shape index (κ2) is 6.80. The third-order valence-electron chi connectivity index (χ3n) is 2.21. The molecule has 0 atom stereocenters. The van der Waals surface area contributed by atoms with Gasteiger partial charge >= 0.3 is 11.9 Å². The van der Waals surface area contributed by atoms with E-state index in [1.165, 1.54) is 6.07 Å². The molecule has 0 aliphatic heterocycles. The highest BCUT2D eigenvalue weighted by atomic mass is 16.4. The molecule has 0 spiro atoms. The molecule has 0 heterocycles. The van der Waals surface area contributed by atoms with Crippen molar-refractivity contribution < 1.29 is 19.8 Å². The van der Waals surface area contributed by atoms with E-state index < -0.39 is 11.9 Å². The molecule has 0 aliphatic rings. The van der Waals surface area contributed by atoms with Gasteiger partial charge in [-0.15, -0.1) is 0 Å². The summed E-state index contributed by atoms with van der Waals surface area (Å²) in [7, 11) is 0. The average molecular weight is 259 g/mol. The van der Waals surface area contributed by atoms with Gasteiger partial charge in [0.25, 0.3) is 0 Å². The molecule has 0 aromatic heterocycles. The van der Waals surface area contributed by atoms with Crippen molar-refractivity contribution in [3.05, 3.63) is 65.7 Å². The van der Waals surface area contributed by atoms with E-state index in [-0.39, 0.29) is 5.56 Å². The SMILES string of the molecule is Nc1ccccc1C(=O)O.O=C(O)c1ccccc1. The van der Waals surface area contributed by atoms with E-state index in [9.17, 15) is 9.59 Å². The summed E-state index contributed by atoms with van der Waals surface area (Å²) in [4.78, 5) is 20.5. The number of aromatic carboxylic acids is 2. The van der Waals surface area contributed by atoms with Gasteiger partial charge in [-0.25, -0.2) is 9.59 Å². The minimum Gasteiger partial charge on any atom is -0.478 e. The summed E-state index contributed by atoms with van der Waals surface area (Å²) in [6.07, 6.45) is 0. The van der Waals surface area contributed by atoms with Crippen LogP contribution in [0.15, 0.2) is 54.6 Å². The number of benzene rings is 2. The Kier molecular flexibility index (Phi) is 5.10. The van der Waals surface area contributed by atoms with E-state index in [1.54, 1.807) is 48.5 Å². The lowest BCUT2D eigenvalue weighted by molar-refractivity contribution is 0.0686. The topological polar surface area (TPSA) is 101 Å². The molecule has 0 radical (unpaired) electrons. The Bertz CT molecular complexity index is 567. The number of nitrogen functional groups attached to an aromatic ring is 1. The van der Waals surface area contributed by atoms with Crippen LogP contribution < -0.4 is 5.73 Å². The molecule has 2 rings (SSSR count). The number of hydrogen-bond acceptors (Lipinski definition) is 3. The van der Waals surface area contributed by atoms with Crippen LogP contribution in [0.2, 0.25) is 0 Å². The Labute approximate surface area is 109 Å². The predicted molar refractivity (Wildman–Crippen MR) is 71.2 cm³/mol. The van der Waals surface area contributed by atoms with Crippen LogP contribution >= 0.6 is 0 Å². The minimum atomic E-state index is -0.988. The highest BCUT2D eigenvalue weighted by molar-refractivity contribution is 5.93. The number of carboxylic acids is 2. The molecule has 0 unspecified atom stereocenters. The zero-order valence-corrected chi connectivity index (χ0v) is 9.98. The number of carbonyl (C=O) groups is 2. The molecule has 5 nitrogen and oxygen atoms in total. The summed E-state index contributed by atoms with van der Waals surface area (Å²) in [6, 6.07) is 14.7. The van der Waals surface area contributed by atoms with Gasteiger partial charge in [-0.05, 0) is 24.3 Å². The molecule has 2 aromatic carbocycles. The molecule has 2 aromatic rings. The van der Waals surface area contributed by atoms with Crippen molar-refractivity contribution >= 4 is 17.6 Å². The molecule has 19 heavy (non-hydrogen) atoms. The smallest absolute Gasteiger partial charge is 0.337 e. The molecule has 4 N–H and O–H groups in total. The normalized spacial score (nSPS) is 9.05. The number of para-hydroxylation sites is 1. The first-order valence-electron chi connectivity index (χ1n) is 5.38. The summed E-state index contributed by atoms with van der Waals surface area (Å²) in [5.41, 5.74) is 6.13. The zero-order chi connectivity index (χ0) is 14.3. The van der Waals surface area contributed by atoms with Crippen LogP contribution in [-0.4, -0.2) is 22.2 Å². The maximum Gasteiger partial charge on any atom is 0.337 e. The fourth-order valence-electron chi connectivity index (χ4n) is 1.27. The number of anilines is 1. The molecule has 0 amide bonds. The summed E-state index contributed by atoms with van der Waals surface area (Å²) in [5, 5.41) is 16.9. The van der Waals surface area contributed by atoms with Gasteiger partial charge in [-0.3, -0.25) is 0 Å². The molecular weight excluding hydrogens is 246 g/mol. The standard InChI is InChI=1S/C7H7NO2.C7H6O2/c8-6-4-2-1-3-5(6)7(9)10;8-7(9)6-4-2-1-3-5-6/h1-4H,8H2,(H,9,10);1-5H,(H,8,9). The third-order valence-corrected chi connectivity index (χ3v) is 2.21. The maximum absolute atomic E-state index is 10.3. The van der Waals surface area contributed by atoms with E-state index in [1.807, 2.05) is 0 Å². The van der Waals surface area contributed by atoms with Gasteiger partial charge < -0.3 is 15.9 Å². The highest BCUT2D eigenvalue weighted by Crippen LogP contribution is 2.09. The van der Waals surface area contributed by atoms with E-state index in [4.69, 9.17) is 15.9 Å². The van der Waals surface area contributed by atoms with Crippen molar-refractivity contribution in [2.45, 2.75) is 0 Å². The first-order chi connectivity index (χ1) is 9.02. The van der Waals surface area contributed by atoms with Crippen LogP contribution in [0.3, 0.4) is 0 Å². The second-order valence-corrected chi connectivity index (χ2v) is 3.56. The van der Waals surface area contributed by atoms with E-state index in [2.05, 4.69) is 0 Å². The molecule has 0 aliphatic carbocycles. The van der Waals surface area contributed by atoms with Crippen molar-refractivity contribution in [1.82, 2.24) is 0 Å². The van der Waals surface area contributed by atoms with Crippen LogP contribution in [0.4, 0.5) is 5.69 Å². The van der Waals surface area contributed by atoms with Crippen molar-refractivity contribution in [1.29, 1.82) is 0 Å². The average Bonchev–Trinajstić information content (AvgIpc) is 2.40. The van der Waals surface area contributed by atoms with Crippen LogP contribution in [-0.2, 0) is 0 Å². The monoisotopic (exact) mass is 259 g/mol. The molecular formula is C14H13NO4. The van der Waals surface area contributed by atoms with E-state index in [0.717, 1.165) is 0 Å². The predicted octanol–water partition coefficient (Wildman–Crippen LogP) is 2.35. The van der Waals surface area contributed by atoms with Crippen LogP contribution in [0.25, 0.3) is 0 Å². The fraction of sp³-hybridized carbons (Fsp3) is 0. The number of rotatable bonds is 2.